The Morgan fingerprint density at radius 3 is 2.78 bits per heavy atom. The average Bonchev–Trinajstić information content (AvgIpc) is 2.27. The molecule has 4 nitrogen and oxygen atoms in total. The van der Waals surface area contributed by atoms with Crippen molar-refractivity contribution in [3.63, 3.8) is 0 Å². The smallest absolute Gasteiger partial charge is 0.213 e. The third kappa shape index (κ3) is 4.36. The number of halogens is 1. The van der Waals surface area contributed by atoms with E-state index in [1.165, 1.54) is 19.2 Å². The van der Waals surface area contributed by atoms with Crippen LogP contribution < -0.4 is 0 Å². The minimum Gasteiger partial charge on any atom is -0.390 e. The molecule has 2 N–H and O–H groups in total. The van der Waals surface area contributed by atoms with Crippen molar-refractivity contribution in [1.82, 2.24) is 4.98 Å². The molecule has 0 spiro atoms. The summed E-state index contributed by atoms with van der Waals surface area (Å²) in [6, 6.07) is 1.20. The Balaban J connectivity index is 2.62. The molecule has 100 valence electrons. The molecule has 1 heterocycles. The van der Waals surface area contributed by atoms with Crippen molar-refractivity contribution in [2.75, 3.05) is 5.75 Å². The Labute approximate surface area is 109 Å². The van der Waals surface area contributed by atoms with E-state index in [0.29, 0.717) is 16.9 Å². The van der Waals surface area contributed by atoms with Crippen LogP contribution in [0.2, 0.25) is 0 Å². The summed E-state index contributed by atoms with van der Waals surface area (Å²) >= 11 is 1.09. The summed E-state index contributed by atoms with van der Waals surface area (Å²) in [5, 5.41) is 19.7. The number of aliphatic hydroxyl groups is 2. The van der Waals surface area contributed by atoms with Crippen LogP contribution in [0.25, 0.3) is 0 Å². The SMILES string of the molecule is CC(=O)SCCC(O)C(O)c1cnc(F)cc1C. The van der Waals surface area contributed by atoms with E-state index in [4.69, 9.17) is 0 Å². The molecule has 0 aliphatic carbocycles. The summed E-state index contributed by atoms with van der Waals surface area (Å²) in [7, 11) is 0. The van der Waals surface area contributed by atoms with Crippen LogP contribution in [-0.2, 0) is 4.79 Å². The molecule has 2 unspecified atom stereocenters. The summed E-state index contributed by atoms with van der Waals surface area (Å²) in [6.45, 7) is 3.09. The van der Waals surface area contributed by atoms with E-state index in [1.807, 2.05) is 0 Å². The van der Waals surface area contributed by atoms with Crippen LogP contribution in [0.5, 0.6) is 0 Å². The van der Waals surface area contributed by atoms with Gasteiger partial charge in [0.05, 0.1) is 6.10 Å². The van der Waals surface area contributed by atoms with Gasteiger partial charge in [-0.1, -0.05) is 11.8 Å². The lowest BCUT2D eigenvalue weighted by Gasteiger charge is -2.19. The van der Waals surface area contributed by atoms with Gasteiger partial charge < -0.3 is 10.2 Å². The van der Waals surface area contributed by atoms with Crippen LogP contribution in [0.15, 0.2) is 12.3 Å². The number of carbonyl (C=O) groups is 1. The second-order valence-electron chi connectivity index (χ2n) is 4.00. The first-order chi connectivity index (χ1) is 8.41. The van der Waals surface area contributed by atoms with Crippen LogP contribution >= 0.6 is 11.8 Å². The molecule has 0 bridgehead atoms. The highest BCUT2D eigenvalue weighted by atomic mass is 32.2. The number of carbonyl (C=O) groups excluding carboxylic acids is 1. The van der Waals surface area contributed by atoms with Gasteiger partial charge in [-0.2, -0.15) is 4.39 Å². The van der Waals surface area contributed by atoms with Crippen LogP contribution in [0, 0.1) is 12.9 Å². The summed E-state index contributed by atoms with van der Waals surface area (Å²) < 4.78 is 12.8. The number of aliphatic hydroxyl groups excluding tert-OH is 2. The molecule has 0 aromatic carbocycles. The molecule has 0 amide bonds. The van der Waals surface area contributed by atoms with Gasteiger partial charge in [0, 0.05) is 24.4 Å². The van der Waals surface area contributed by atoms with Gasteiger partial charge in [0.25, 0.3) is 0 Å². The maximum atomic E-state index is 12.8. The quantitative estimate of drug-likeness (QED) is 0.797. The second-order valence-corrected chi connectivity index (χ2v) is 5.28. The number of pyridine rings is 1. The molecule has 0 saturated heterocycles. The van der Waals surface area contributed by atoms with Gasteiger partial charge in [0.1, 0.15) is 6.10 Å². The fraction of sp³-hybridized carbons (Fsp3) is 0.500. The van der Waals surface area contributed by atoms with Crippen molar-refractivity contribution >= 4 is 16.9 Å². The first-order valence-electron chi connectivity index (χ1n) is 5.53. The number of rotatable bonds is 5. The van der Waals surface area contributed by atoms with E-state index < -0.39 is 18.2 Å². The highest BCUT2D eigenvalue weighted by Crippen LogP contribution is 2.23. The topological polar surface area (TPSA) is 70.4 Å². The normalized spacial score (nSPS) is 14.3. The van der Waals surface area contributed by atoms with Gasteiger partial charge in [-0.25, -0.2) is 4.98 Å². The largest absolute Gasteiger partial charge is 0.390 e. The third-order valence-corrected chi connectivity index (χ3v) is 3.37. The molecule has 1 rings (SSSR count). The molecule has 0 aliphatic heterocycles. The van der Waals surface area contributed by atoms with Crippen molar-refractivity contribution in [3.8, 4) is 0 Å². The summed E-state index contributed by atoms with van der Waals surface area (Å²) in [4.78, 5) is 14.2. The predicted molar refractivity (Wildman–Crippen MR) is 67.7 cm³/mol. The number of aromatic nitrogens is 1. The van der Waals surface area contributed by atoms with Crippen molar-refractivity contribution < 1.29 is 19.4 Å². The van der Waals surface area contributed by atoms with Crippen molar-refractivity contribution in [2.24, 2.45) is 0 Å². The lowest BCUT2D eigenvalue weighted by atomic mass is 10.0. The minimum absolute atomic E-state index is 0.0312. The van der Waals surface area contributed by atoms with E-state index in [9.17, 15) is 19.4 Å². The second kappa shape index (κ2) is 6.82. The molecule has 18 heavy (non-hydrogen) atoms. The summed E-state index contributed by atoms with van der Waals surface area (Å²) in [5.74, 6) is -0.189. The maximum Gasteiger partial charge on any atom is 0.213 e. The van der Waals surface area contributed by atoms with Crippen LogP contribution in [0.3, 0.4) is 0 Å². The van der Waals surface area contributed by atoms with Crippen LogP contribution in [0.4, 0.5) is 4.39 Å². The van der Waals surface area contributed by atoms with E-state index >= 15 is 0 Å². The Morgan fingerprint density at radius 1 is 1.56 bits per heavy atom. The zero-order valence-electron chi connectivity index (χ0n) is 10.3. The van der Waals surface area contributed by atoms with Gasteiger partial charge >= 0.3 is 0 Å². The number of hydrogen-bond donors (Lipinski definition) is 2. The van der Waals surface area contributed by atoms with E-state index in [2.05, 4.69) is 4.98 Å². The monoisotopic (exact) mass is 273 g/mol. The Hall–Kier alpha value is -0.980. The number of thioether (sulfide) groups is 1. The van der Waals surface area contributed by atoms with E-state index in [-0.39, 0.29) is 11.5 Å². The molecule has 0 aliphatic rings. The number of nitrogens with zero attached hydrogens (tertiary/aromatic N) is 1. The summed E-state index contributed by atoms with van der Waals surface area (Å²) in [5.41, 5.74) is 0.935. The van der Waals surface area contributed by atoms with Crippen molar-refractivity contribution in [2.45, 2.75) is 32.5 Å². The average molecular weight is 273 g/mol. The summed E-state index contributed by atoms with van der Waals surface area (Å²) in [6.07, 6.45) is -0.618. The zero-order chi connectivity index (χ0) is 13.7. The number of aryl methyl sites for hydroxylation is 1. The molecule has 0 fully saturated rings. The lowest BCUT2D eigenvalue weighted by Crippen LogP contribution is -2.20. The Morgan fingerprint density at radius 2 is 2.22 bits per heavy atom. The lowest BCUT2D eigenvalue weighted by molar-refractivity contribution is -0.109. The highest BCUT2D eigenvalue weighted by Gasteiger charge is 2.20. The first kappa shape index (κ1) is 15.1. The predicted octanol–water partition coefficient (Wildman–Crippen LogP) is 1.59. The third-order valence-electron chi connectivity index (χ3n) is 2.52. The molecule has 1 aromatic rings. The Bertz CT molecular complexity index is 428. The van der Waals surface area contributed by atoms with Crippen molar-refractivity contribution in [3.05, 3.63) is 29.3 Å². The van der Waals surface area contributed by atoms with Gasteiger partial charge in [0.15, 0.2) is 5.12 Å². The molecule has 0 saturated carbocycles. The van der Waals surface area contributed by atoms with E-state index in [1.54, 1.807) is 6.92 Å². The molecule has 6 heteroatoms. The van der Waals surface area contributed by atoms with Crippen LogP contribution in [0.1, 0.15) is 30.6 Å². The molecule has 0 radical (unpaired) electrons. The number of hydrogen-bond acceptors (Lipinski definition) is 5. The fourth-order valence-electron chi connectivity index (χ4n) is 1.53. The van der Waals surface area contributed by atoms with Gasteiger partial charge in [0.2, 0.25) is 5.95 Å². The molecule has 1 aromatic heterocycles. The standard InChI is InChI=1S/C12H16FNO3S/c1-7-5-11(13)14-6-9(7)12(17)10(16)3-4-18-8(2)15/h5-6,10,12,16-17H,3-4H2,1-2H3. The Kier molecular flexibility index (Phi) is 5.71. The zero-order valence-corrected chi connectivity index (χ0v) is 11.1. The van der Waals surface area contributed by atoms with Gasteiger partial charge in [-0.3, -0.25) is 4.79 Å². The van der Waals surface area contributed by atoms with Crippen molar-refractivity contribution in [1.29, 1.82) is 0 Å². The maximum absolute atomic E-state index is 12.8. The molecular weight excluding hydrogens is 257 g/mol. The first-order valence-corrected chi connectivity index (χ1v) is 6.52. The molecule has 2 atom stereocenters. The molecular formula is C12H16FNO3S. The highest BCUT2D eigenvalue weighted by molar-refractivity contribution is 8.13. The van der Waals surface area contributed by atoms with E-state index in [0.717, 1.165) is 11.8 Å². The minimum atomic E-state index is -1.12. The van der Waals surface area contributed by atoms with Gasteiger partial charge in [-0.05, 0) is 25.0 Å². The fourth-order valence-corrected chi connectivity index (χ4v) is 2.18. The van der Waals surface area contributed by atoms with Gasteiger partial charge in [-0.15, -0.1) is 0 Å². The van der Waals surface area contributed by atoms with Crippen LogP contribution in [-0.4, -0.2) is 32.2 Å².